The fourth-order valence-corrected chi connectivity index (χ4v) is 4.46. The third-order valence-electron chi connectivity index (χ3n) is 5.69. The molecule has 6 heteroatoms. The smallest absolute Gasteiger partial charge is 0.189 e. The van der Waals surface area contributed by atoms with E-state index >= 15 is 0 Å². The highest BCUT2D eigenvalue weighted by atomic mass is 16.5. The van der Waals surface area contributed by atoms with Gasteiger partial charge in [-0.25, -0.2) is 0 Å². The average Bonchev–Trinajstić information content (AvgIpc) is 2.68. The van der Waals surface area contributed by atoms with Gasteiger partial charge in [0.15, 0.2) is 5.41 Å². The van der Waals surface area contributed by atoms with Crippen molar-refractivity contribution in [3.63, 3.8) is 0 Å². The summed E-state index contributed by atoms with van der Waals surface area (Å²) < 4.78 is 5.71. The highest BCUT2D eigenvalue weighted by molar-refractivity contribution is 6.00. The predicted octanol–water partition coefficient (Wildman–Crippen LogP) is 1.84. The van der Waals surface area contributed by atoms with Crippen LogP contribution in [0, 0.1) is 56.7 Å². The third-order valence-corrected chi connectivity index (χ3v) is 5.69. The van der Waals surface area contributed by atoms with Crippen molar-refractivity contribution in [2.24, 2.45) is 17.3 Å². The lowest BCUT2D eigenvalue weighted by atomic mass is 9.54. The maximum absolute atomic E-state index is 10.0. The summed E-state index contributed by atoms with van der Waals surface area (Å²) in [6.45, 7) is 5.40. The van der Waals surface area contributed by atoms with Gasteiger partial charge in [-0.3, -0.25) is 0 Å². The minimum absolute atomic E-state index is 0.0486. The molecule has 1 saturated carbocycles. The number of fused-ring (bicyclic) bond motifs is 1. The van der Waals surface area contributed by atoms with Crippen LogP contribution in [-0.4, -0.2) is 32.0 Å². The van der Waals surface area contributed by atoms with Gasteiger partial charge in [0.2, 0.25) is 0 Å². The Hall–Kier alpha value is -3.14. The van der Waals surface area contributed by atoms with Crippen molar-refractivity contribution in [2.45, 2.75) is 25.9 Å². The van der Waals surface area contributed by atoms with Crippen LogP contribution < -0.4 is 9.64 Å². The topological polar surface area (TPSA) is 109 Å². The highest BCUT2D eigenvalue weighted by Gasteiger charge is 2.58. The molecule has 1 aromatic rings. The van der Waals surface area contributed by atoms with Gasteiger partial charge in [-0.05, 0) is 43.2 Å². The van der Waals surface area contributed by atoms with Crippen molar-refractivity contribution in [3.05, 3.63) is 41.5 Å². The van der Waals surface area contributed by atoms with Crippen LogP contribution in [0.25, 0.3) is 0 Å². The Balaban J connectivity index is 2.15. The Bertz CT molecular complexity index is 912. The van der Waals surface area contributed by atoms with Crippen molar-refractivity contribution < 1.29 is 9.64 Å². The van der Waals surface area contributed by atoms with E-state index in [4.69, 9.17) is 10.1 Å². The SMILES string of the molecule is CC(C)Oc1ccc([C@H]2[C@H]3C[NH+](C)CC=C3[C@H](C#N)C(=N)C2(C#N)C#N)cc1. The molecule has 2 N–H and O–H groups in total. The van der Waals surface area contributed by atoms with Gasteiger partial charge in [0.05, 0.1) is 50.2 Å². The Morgan fingerprint density at radius 3 is 2.36 bits per heavy atom. The maximum Gasteiger partial charge on any atom is 0.189 e. The van der Waals surface area contributed by atoms with E-state index in [9.17, 15) is 15.8 Å². The summed E-state index contributed by atoms with van der Waals surface area (Å²) >= 11 is 0. The molecule has 3 rings (SSSR count). The summed E-state index contributed by atoms with van der Waals surface area (Å²) in [7, 11) is 2.06. The van der Waals surface area contributed by atoms with Gasteiger partial charge >= 0.3 is 0 Å². The monoisotopic (exact) mass is 374 g/mol. The number of nitriles is 3. The van der Waals surface area contributed by atoms with E-state index in [-0.39, 0.29) is 17.7 Å². The number of quaternary nitrogens is 1. The molecule has 1 heterocycles. The normalized spacial score (nSPS) is 28.3. The van der Waals surface area contributed by atoms with E-state index in [1.165, 1.54) is 4.90 Å². The van der Waals surface area contributed by atoms with E-state index in [1.807, 2.05) is 44.2 Å². The molecule has 28 heavy (non-hydrogen) atoms. The van der Waals surface area contributed by atoms with Crippen molar-refractivity contribution in [2.75, 3.05) is 20.1 Å². The summed E-state index contributed by atoms with van der Waals surface area (Å²) in [5, 5.41) is 38.3. The van der Waals surface area contributed by atoms with E-state index in [2.05, 4.69) is 25.3 Å². The van der Waals surface area contributed by atoms with Crippen molar-refractivity contribution in [1.29, 1.82) is 21.2 Å². The molecule has 142 valence electrons. The molecule has 4 atom stereocenters. The first kappa shape index (κ1) is 19.6. The lowest BCUT2D eigenvalue weighted by Gasteiger charge is -2.46. The molecule has 0 saturated heterocycles. The van der Waals surface area contributed by atoms with Gasteiger partial charge in [-0.2, -0.15) is 15.8 Å². The van der Waals surface area contributed by atoms with Gasteiger partial charge in [0, 0.05) is 11.8 Å². The van der Waals surface area contributed by atoms with Crippen LogP contribution in [-0.2, 0) is 0 Å². The van der Waals surface area contributed by atoms with Gasteiger partial charge in [-0.1, -0.05) is 12.1 Å². The number of ether oxygens (including phenoxy) is 1. The summed E-state index contributed by atoms with van der Waals surface area (Å²) in [5.41, 5.74) is -0.0484. The van der Waals surface area contributed by atoms with Crippen LogP contribution in [0.15, 0.2) is 35.9 Å². The molecule has 0 aromatic heterocycles. The van der Waals surface area contributed by atoms with Crippen LogP contribution in [0.4, 0.5) is 0 Å². The average molecular weight is 374 g/mol. The van der Waals surface area contributed by atoms with E-state index in [0.29, 0.717) is 0 Å². The summed E-state index contributed by atoms with van der Waals surface area (Å²) in [6.07, 6.45) is 2.07. The van der Waals surface area contributed by atoms with Gasteiger partial charge in [0.25, 0.3) is 0 Å². The molecule has 1 aliphatic heterocycles. The number of hydrogen-bond donors (Lipinski definition) is 2. The van der Waals surface area contributed by atoms with Crippen LogP contribution >= 0.6 is 0 Å². The first-order valence-corrected chi connectivity index (χ1v) is 9.46. The van der Waals surface area contributed by atoms with Crippen molar-refractivity contribution in [1.82, 2.24) is 0 Å². The molecule has 2 aliphatic rings. The molecule has 0 radical (unpaired) electrons. The van der Waals surface area contributed by atoms with Gasteiger partial charge < -0.3 is 15.0 Å². The van der Waals surface area contributed by atoms with Crippen LogP contribution in [0.1, 0.15) is 25.3 Å². The van der Waals surface area contributed by atoms with E-state index in [0.717, 1.165) is 30.0 Å². The van der Waals surface area contributed by atoms with Crippen molar-refractivity contribution in [3.8, 4) is 24.0 Å². The third kappa shape index (κ3) is 3.05. The zero-order chi connectivity index (χ0) is 20.5. The predicted molar refractivity (Wildman–Crippen MR) is 104 cm³/mol. The zero-order valence-corrected chi connectivity index (χ0v) is 16.4. The lowest BCUT2D eigenvalue weighted by molar-refractivity contribution is -0.878. The molecule has 1 aliphatic carbocycles. The second kappa shape index (κ2) is 7.47. The molecule has 1 aromatic carbocycles. The highest BCUT2D eigenvalue weighted by Crippen LogP contribution is 2.52. The van der Waals surface area contributed by atoms with Crippen LogP contribution in [0.3, 0.4) is 0 Å². The Labute approximate surface area is 165 Å². The molecule has 1 unspecified atom stereocenters. The fourth-order valence-electron chi connectivity index (χ4n) is 4.46. The second-order valence-electron chi connectivity index (χ2n) is 7.90. The number of likely N-dealkylation sites (N-methyl/N-ethyl adjacent to an activating group) is 1. The molecule has 0 amide bonds. The Morgan fingerprint density at radius 1 is 1.18 bits per heavy atom. The number of benzene rings is 1. The van der Waals surface area contributed by atoms with Gasteiger partial charge in [-0.15, -0.1) is 0 Å². The summed E-state index contributed by atoms with van der Waals surface area (Å²) in [6, 6.07) is 13.9. The number of hydrogen-bond acceptors (Lipinski definition) is 5. The first-order chi connectivity index (χ1) is 13.4. The summed E-state index contributed by atoms with van der Waals surface area (Å²) in [5.74, 6) is -0.712. The van der Waals surface area contributed by atoms with Crippen LogP contribution in [0.5, 0.6) is 5.75 Å². The minimum Gasteiger partial charge on any atom is -0.491 e. The Morgan fingerprint density at radius 2 is 1.82 bits per heavy atom. The quantitative estimate of drug-likeness (QED) is 0.787. The molecular formula is C22H24N5O+. The maximum atomic E-state index is 10.0. The summed E-state index contributed by atoms with van der Waals surface area (Å²) in [4.78, 5) is 1.26. The molecule has 0 bridgehead atoms. The molecule has 0 spiro atoms. The molecule has 6 nitrogen and oxygen atoms in total. The van der Waals surface area contributed by atoms with E-state index < -0.39 is 17.3 Å². The number of rotatable bonds is 3. The standard InChI is InChI=1S/C22H23N5O/c1-14(2)28-16-6-4-15(5-7-16)20-19-11-27(3)9-8-17(19)18(10-23)21(26)22(20,12-24)13-25/h4-8,14,18-20,26H,9,11H2,1-3H3/p+1/t18-,19-,20-/m0/s1. The largest absolute Gasteiger partial charge is 0.491 e. The molecule has 1 fully saturated rings. The lowest BCUT2D eigenvalue weighted by Crippen LogP contribution is -3.10. The number of nitrogens with zero attached hydrogens (tertiary/aromatic N) is 3. The number of nitrogens with one attached hydrogen (secondary N) is 2. The van der Waals surface area contributed by atoms with Crippen molar-refractivity contribution >= 4 is 5.71 Å². The Kier molecular flexibility index (Phi) is 5.23. The fraction of sp³-hybridized carbons (Fsp3) is 0.455. The second-order valence-corrected chi connectivity index (χ2v) is 7.90. The minimum atomic E-state index is -1.65. The van der Waals surface area contributed by atoms with Gasteiger partial charge in [0.1, 0.15) is 11.7 Å². The first-order valence-electron chi connectivity index (χ1n) is 9.46. The van der Waals surface area contributed by atoms with E-state index in [1.54, 1.807) is 0 Å². The molecular weight excluding hydrogens is 350 g/mol. The zero-order valence-electron chi connectivity index (χ0n) is 16.4. The van der Waals surface area contributed by atoms with Crippen LogP contribution in [0.2, 0.25) is 0 Å².